The average molecular weight is 317 g/mol. The number of nitrogens with one attached hydrogen (secondary N) is 1. The molecule has 118 valence electrons. The van der Waals surface area contributed by atoms with Crippen molar-refractivity contribution >= 4 is 17.6 Å². The maximum atomic E-state index is 12.3. The van der Waals surface area contributed by atoms with Crippen molar-refractivity contribution < 1.29 is 14.3 Å². The average Bonchev–Trinajstić information content (AvgIpc) is 2.64. The van der Waals surface area contributed by atoms with Crippen LogP contribution in [0, 0.1) is 0 Å². The predicted molar refractivity (Wildman–Crippen MR) is 92.2 cm³/mol. The minimum Gasteiger partial charge on any atom is -0.421 e. The summed E-state index contributed by atoms with van der Waals surface area (Å²) in [6, 6.07) is 24.4. The molecule has 0 heterocycles. The minimum atomic E-state index is -0.475. The summed E-state index contributed by atoms with van der Waals surface area (Å²) in [6.45, 7) is 0. The van der Waals surface area contributed by atoms with Crippen LogP contribution in [0.25, 0.3) is 0 Å². The van der Waals surface area contributed by atoms with Crippen molar-refractivity contribution in [3.05, 3.63) is 96.1 Å². The van der Waals surface area contributed by atoms with Gasteiger partial charge in [-0.1, -0.05) is 48.5 Å². The van der Waals surface area contributed by atoms with Gasteiger partial charge >= 0.3 is 5.97 Å². The van der Waals surface area contributed by atoms with E-state index in [1.807, 2.05) is 12.1 Å². The molecule has 0 atom stereocenters. The van der Waals surface area contributed by atoms with Crippen molar-refractivity contribution in [1.82, 2.24) is 0 Å². The topological polar surface area (TPSA) is 55.4 Å². The van der Waals surface area contributed by atoms with Crippen LogP contribution in [0.4, 0.5) is 5.69 Å². The third kappa shape index (κ3) is 3.67. The first-order valence-corrected chi connectivity index (χ1v) is 7.47. The molecule has 1 N–H and O–H groups in total. The molecule has 0 fully saturated rings. The molecule has 0 aliphatic heterocycles. The molecule has 3 aromatic rings. The highest BCUT2D eigenvalue weighted by Gasteiger charge is 2.13. The van der Waals surface area contributed by atoms with Crippen LogP contribution in [-0.4, -0.2) is 11.9 Å². The second-order valence-electron chi connectivity index (χ2n) is 5.07. The van der Waals surface area contributed by atoms with Crippen molar-refractivity contribution in [2.24, 2.45) is 0 Å². The van der Waals surface area contributed by atoms with Crippen LogP contribution < -0.4 is 10.1 Å². The van der Waals surface area contributed by atoms with E-state index in [0.29, 0.717) is 22.6 Å². The van der Waals surface area contributed by atoms with Gasteiger partial charge < -0.3 is 10.1 Å². The number of hydrogen-bond donors (Lipinski definition) is 1. The summed E-state index contributed by atoms with van der Waals surface area (Å²) in [5.41, 5.74) is 1.42. The number of hydrogen-bond acceptors (Lipinski definition) is 3. The van der Waals surface area contributed by atoms with Gasteiger partial charge in [0.25, 0.3) is 5.91 Å². The summed E-state index contributed by atoms with van der Waals surface area (Å²) in [7, 11) is 0. The Hall–Kier alpha value is -3.40. The van der Waals surface area contributed by atoms with E-state index in [9.17, 15) is 9.59 Å². The van der Waals surface area contributed by atoms with Gasteiger partial charge in [0, 0.05) is 5.56 Å². The van der Waals surface area contributed by atoms with E-state index in [-0.39, 0.29) is 5.91 Å². The molecule has 0 radical (unpaired) electrons. The summed E-state index contributed by atoms with van der Waals surface area (Å²) in [4.78, 5) is 24.5. The highest BCUT2D eigenvalue weighted by atomic mass is 16.5. The Morgan fingerprint density at radius 2 is 1.21 bits per heavy atom. The predicted octanol–water partition coefficient (Wildman–Crippen LogP) is 4.16. The molecule has 0 aliphatic carbocycles. The smallest absolute Gasteiger partial charge is 0.343 e. The van der Waals surface area contributed by atoms with Crippen molar-refractivity contribution in [1.29, 1.82) is 0 Å². The first kappa shape index (κ1) is 15.5. The molecule has 0 saturated heterocycles. The molecule has 3 rings (SSSR count). The van der Waals surface area contributed by atoms with E-state index < -0.39 is 5.97 Å². The van der Waals surface area contributed by atoms with Crippen LogP contribution in [0.1, 0.15) is 20.7 Å². The maximum absolute atomic E-state index is 12.3. The van der Waals surface area contributed by atoms with E-state index >= 15 is 0 Å². The number of amides is 1. The van der Waals surface area contributed by atoms with E-state index in [1.54, 1.807) is 72.8 Å². The number of benzene rings is 3. The second-order valence-corrected chi connectivity index (χ2v) is 5.07. The number of rotatable bonds is 4. The molecule has 0 aromatic heterocycles. The molecule has 1 amide bonds. The van der Waals surface area contributed by atoms with E-state index in [0.717, 1.165) is 0 Å². The standard InChI is InChI=1S/C20H15NO3/c22-19(15-9-3-1-4-10-15)21-17-13-7-8-14-18(17)24-20(23)16-11-5-2-6-12-16/h1-14H,(H,21,22). The summed E-state index contributed by atoms with van der Waals surface area (Å²) < 4.78 is 5.41. The van der Waals surface area contributed by atoms with Crippen molar-refractivity contribution in [3.63, 3.8) is 0 Å². The van der Waals surface area contributed by atoms with Gasteiger partial charge in [-0.05, 0) is 36.4 Å². The maximum Gasteiger partial charge on any atom is 0.343 e. The summed E-state index contributed by atoms with van der Waals surface area (Å²) >= 11 is 0. The zero-order chi connectivity index (χ0) is 16.8. The molecule has 0 aliphatic rings. The fourth-order valence-corrected chi connectivity index (χ4v) is 2.18. The summed E-state index contributed by atoms with van der Waals surface area (Å²) in [6.07, 6.45) is 0. The first-order valence-electron chi connectivity index (χ1n) is 7.47. The van der Waals surface area contributed by atoms with E-state index in [4.69, 9.17) is 4.74 Å². The number of carbonyl (C=O) groups is 2. The summed E-state index contributed by atoms with van der Waals surface area (Å²) in [5, 5.41) is 2.77. The first-order chi connectivity index (χ1) is 11.7. The third-order valence-corrected chi connectivity index (χ3v) is 3.38. The number of esters is 1. The quantitative estimate of drug-likeness (QED) is 0.581. The molecular weight excluding hydrogens is 302 g/mol. The lowest BCUT2D eigenvalue weighted by molar-refractivity contribution is 0.0734. The Labute approximate surface area is 139 Å². The SMILES string of the molecule is O=C(Nc1ccccc1OC(=O)c1ccccc1)c1ccccc1. The molecule has 0 bridgehead atoms. The van der Waals surface area contributed by atoms with Crippen LogP contribution in [0.3, 0.4) is 0 Å². The fourth-order valence-electron chi connectivity index (χ4n) is 2.18. The number of ether oxygens (including phenoxy) is 1. The Bertz CT molecular complexity index is 773. The fraction of sp³-hybridized carbons (Fsp3) is 0. The Morgan fingerprint density at radius 1 is 0.667 bits per heavy atom. The minimum absolute atomic E-state index is 0.265. The number of anilines is 1. The van der Waals surface area contributed by atoms with Gasteiger partial charge in [-0.25, -0.2) is 4.79 Å². The van der Waals surface area contributed by atoms with Crippen LogP contribution in [0.5, 0.6) is 5.75 Å². The van der Waals surface area contributed by atoms with Gasteiger partial charge in [0.15, 0.2) is 5.75 Å². The van der Waals surface area contributed by atoms with E-state index in [2.05, 4.69) is 5.32 Å². The molecule has 24 heavy (non-hydrogen) atoms. The molecule has 0 unspecified atom stereocenters. The lowest BCUT2D eigenvalue weighted by atomic mass is 10.2. The monoisotopic (exact) mass is 317 g/mol. The lowest BCUT2D eigenvalue weighted by Gasteiger charge is -2.11. The van der Waals surface area contributed by atoms with Gasteiger partial charge in [-0.15, -0.1) is 0 Å². The van der Waals surface area contributed by atoms with Crippen LogP contribution >= 0.6 is 0 Å². The molecule has 0 saturated carbocycles. The van der Waals surface area contributed by atoms with Gasteiger partial charge in [0.1, 0.15) is 0 Å². The largest absolute Gasteiger partial charge is 0.421 e. The Morgan fingerprint density at radius 3 is 1.88 bits per heavy atom. The zero-order valence-electron chi connectivity index (χ0n) is 12.8. The van der Waals surface area contributed by atoms with Gasteiger partial charge in [0.2, 0.25) is 0 Å². The summed E-state index contributed by atoms with van der Waals surface area (Å²) in [5.74, 6) is -0.438. The molecule has 3 aromatic carbocycles. The van der Waals surface area contributed by atoms with E-state index in [1.165, 1.54) is 0 Å². The van der Waals surface area contributed by atoms with Gasteiger partial charge in [-0.2, -0.15) is 0 Å². The van der Waals surface area contributed by atoms with Crippen LogP contribution in [-0.2, 0) is 0 Å². The van der Waals surface area contributed by atoms with Crippen LogP contribution in [0.15, 0.2) is 84.9 Å². The molecule has 0 spiro atoms. The lowest BCUT2D eigenvalue weighted by Crippen LogP contribution is -2.14. The third-order valence-electron chi connectivity index (χ3n) is 3.38. The highest BCUT2D eigenvalue weighted by molar-refractivity contribution is 6.05. The normalized spacial score (nSPS) is 10.0. The van der Waals surface area contributed by atoms with Gasteiger partial charge in [0.05, 0.1) is 11.3 Å². The van der Waals surface area contributed by atoms with Crippen molar-refractivity contribution in [2.75, 3.05) is 5.32 Å². The number of carbonyl (C=O) groups excluding carboxylic acids is 2. The highest BCUT2D eigenvalue weighted by Crippen LogP contribution is 2.25. The van der Waals surface area contributed by atoms with Crippen LogP contribution in [0.2, 0.25) is 0 Å². The zero-order valence-corrected chi connectivity index (χ0v) is 12.8. The molecule has 4 nitrogen and oxygen atoms in total. The van der Waals surface area contributed by atoms with Crippen molar-refractivity contribution in [3.8, 4) is 5.75 Å². The molecular formula is C20H15NO3. The molecule has 4 heteroatoms. The second kappa shape index (κ2) is 7.24. The number of para-hydroxylation sites is 2. The Kier molecular flexibility index (Phi) is 4.68. The van der Waals surface area contributed by atoms with Gasteiger partial charge in [-0.3, -0.25) is 4.79 Å². The Balaban J connectivity index is 1.78. The van der Waals surface area contributed by atoms with Crippen molar-refractivity contribution in [2.45, 2.75) is 0 Å².